The van der Waals surface area contributed by atoms with Crippen molar-refractivity contribution in [3.8, 4) is 0 Å². The number of azo groups is 2. The molecule has 0 N–H and O–H groups in total. The molecular formula is C8H5N5O2S. The first-order chi connectivity index (χ1) is 7.66. The fraction of sp³-hybridized carbons (Fsp3) is 0.125. The van der Waals surface area contributed by atoms with Crippen molar-refractivity contribution in [2.45, 2.75) is 6.17 Å². The second kappa shape index (κ2) is 4.19. The molecular weight excluding hydrogens is 230 g/mol. The largest absolute Gasteiger partial charge is 0.269 e. The van der Waals surface area contributed by atoms with E-state index < -0.39 is 11.1 Å². The van der Waals surface area contributed by atoms with E-state index in [-0.39, 0.29) is 10.8 Å². The average molecular weight is 235 g/mol. The summed E-state index contributed by atoms with van der Waals surface area (Å²) < 4.78 is 0. The Kier molecular flexibility index (Phi) is 2.73. The number of non-ortho nitro benzene ring substituents is 1. The fourth-order valence-corrected chi connectivity index (χ4v) is 1.25. The van der Waals surface area contributed by atoms with Crippen LogP contribution in [0.15, 0.2) is 44.7 Å². The summed E-state index contributed by atoms with van der Waals surface area (Å²) in [5.74, 6) is 0. The highest BCUT2D eigenvalue weighted by Gasteiger charge is 2.14. The summed E-state index contributed by atoms with van der Waals surface area (Å²) in [6.07, 6.45) is -0.562. The van der Waals surface area contributed by atoms with Crippen LogP contribution in [0.3, 0.4) is 0 Å². The molecule has 1 aliphatic heterocycles. The quantitative estimate of drug-likeness (QED) is 0.448. The van der Waals surface area contributed by atoms with Crippen LogP contribution in [-0.4, -0.2) is 10.0 Å². The zero-order valence-electron chi connectivity index (χ0n) is 7.85. The second-order valence-electron chi connectivity index (χ2n) is 2.94. The Balaban J connectivity index is 2.23. The number of hydrogen-bond donors (Lipinski definition) is 0. The maximum Gasteiger partial charge on any atom is 0.269 e. The molecule has 0 aliphatic carbocycles. The molecule has 0 saturated carbocycles. The number of benzene rings is 1. The molecule has 7 nitrogen and oxygen atoms in total. The first kappa shape index (κ1) is 10.4. The lowest BCUT2D eigenvalue weighted by Gasteiger charge is -2.07. The molecule has 1 aromatic carbocycles. The van der Waals surface area contributed by atoms with Crippen LogP contribution in [-0.2, 0) is 0 Å². The molecule has 80 valence electrons. The number of rotatable bonds is 2. The maximum absolute atomic E-state index is 10.4. The van der Waals surface area contributed by atoms with Gasteiger partial charge in [-0.3, -0.25) is 10.1 Å². The molecule has 1 aromatic rings. The van der Waals surface area contributed by atoms with Crippen molar-refractivity contribution in [1.29, 1.82) is 0 Å². The van der Waals surface area contributed by atoms with Crippen LogP contribution in [0.1, 0.15) is 11.7 Å². The minimum absolute atomic E-state index is 0.0176. The molecule has 0 aromatic heterocycles. The van der Waals surface area contributed by atoms with Crippen LogP contribution < -0.4 is 0 Å². The Bertz CT molecular complexity index is 480. The van der Waals surface area contributed by atoms with Gasteiger partial charge in [0.05, 0.1) is 4.92 Å². The smallest absolute Gasteiger partial charge is 0.258 e. The molecule has 0 atom stereocenters. The van der Waals surface area contributed by atoms with Gasteiger partial charge >= 0.3 is 0 Å². The van der Waals surface area contributed by atoms with Gasteiger partial charge in [-0.25, -0.2) is 0 Å². The number of nitro groups is 1. The molecule has 1 aliphatic rings. The average Bonchev–Trinajstić information content (AvgIpc) is 2.30. The first-order valence-corrected chi connectivity index (χ1v) is 4.67. The predicted octanol–water partition coefficient (Wildman–Crippen LogP) is 2.80. The summed E-state index contributed by atoms with van der Waals surface area (Å²) in [4.78, 5) is 9.97. The SMILES string of the molecule is O=[N+]([O-])c1ccc(C2N=NC(=S)N=N2)cc1. The highest BCUT2D eigenvalue weighted by atomic mass is 32.1. The summed E-state index contributed by atoms with van der Waals surface area (Å²) in [7, 11) is 0. The predicted molar refractivity (Wildman–Crippen MR) is 58.1 cm³/mol. The summed E-state index contributed by atoms with van der Waals surface area (Å²) in [6.45, 7) is 0. The Morgan fingerprint density at radius 2 is 1.75 bits per heavy atom. The highest BCUT2D eigenvalue weighted by Crippen LogP contribution is 2.24. The Morgan fingerprint density at radius 1 is 1.19 bits per heavy atom. The van der Waals surface area contributed by atoms with Crippen LogP contribution in [0, 0.1) is 10.1 Å². The third kappa shape index (κ3) is 2.11. The number of nitro benzene ring substituents is 1. The molecule has 0 radical (unpaired) electrons. The third-order valence-corrected chi connectivity index (χ3v) is 2.07. The molecule has 16 heavy (non-hydrogen) atoms. The van der Waals surface area contributed by atoms with Crippen LogP contribution in [0.4, 0.5) is 5.69 Å². The normalized spacial score (nSPS) is 15.4. The fourth-order valence-electron chi connectivity index (χ4n) is 1.15. The maximum atomic E-state index is 10.4. The van der Waals surface area contributed by atoms with Gasteiger partial charge in [0.25, 0.3) is 10.8 Å². The van der Waals surface area contributed by atoms with Crippen LogP contribution >= 0.6 is 12.2 Å². The van der Waals surface area contributed by atoms with E-state index in [0.717, 1.165) is 0 Å². The Morgan fingerprint density at radius 3 is 2.25 bits per heavy atom. The van der Waals surface area contributed by atoms with Crippen LogP contribution in [0.2, 0.25) is 0 Å². The monoisotopic (exact) mass is 235 g/mol. The molecule has 0 unspecified atom stereocenters. The van der Waals surface area contributed by atoms with Crippen molar-refractivity contribution >= 4 is 23.0 Å². The van der Waals surface area contributed by atoms with Crippen molar-refractivity contribution in [1.82, 2.24) is 0 Å². The zero-order valence-corrected chi connectivity index (χ0v) is 8.66. The van der Waals surface area contributed by atoms with E-state index >= 15 is 0 Å². The van der Waals surface area contributed by atoms with E-state index in [9.17, 15) is 10.1 Å². The van der Waals surface area contributed by atoms with Crippen molar-refractivity contribution in [2.75, 3.05) is 0 Å². The van der Waals surface area contributed by atoms with Gasteiger partial charge in [0, 0.05) is 17.7 Å². The van der Waals surface area contributed by atoms with E-state index in [2.05, 4.69) is 32.7 Å². The van der Waals surface area contributed by atoms with Gasteiger partial charge in [-0.2, -0.15) is 10.2 Å². The first-order valence-electron chi connectivity index (χ1n) is 4.27. The van der Waals surface area contributed by atoms with Gasteiger partial charge < -0.3 is 0 Å². The zero-order chi connectivity index (χ0) is 11.5. The molecule has 0 bridgehead atoms. The van der Waals surface area contributed by atoms with Crippen molar-refractivity contribution < 1.29 is 4.92 Å². The number of thiocarbonyl (C=S) groups is 1. The summed E-state index contributed by atoms with van der Waals surface area (Å²) in [5.41, 5.74) is 0.699. The minimum Gasteiger partial charge on any atom is -0.258 e. The second-order valence-corrected chi connectivity index (χ2v) is 3.30. The Labute approximate surface area is 95.1 Å². The van der Waals surface area contributed by atoms with Gasteiger partial charge in [-0.1, -0.05) is 0 Å². The van der Waals surface area contributed by atoms with E-state index in [1.54, 1.807) is 12.1 Å². The molecule has 0 amide bonds. The molecule has 8 heteroatoms. The molecule has 0 fully saturated rings. The van der Waals surface area contributed by atoms with E-state index in [4.69, 9.17) is 0 Å². The Hall–Kier alpha value is -2.09. The van der Waals surface area contributed by atoms with Crippen LogP contribution in [0.25, 0.3) is 0 Å². The van der Waals surface area contributed by atoms with E-state index in [0.29, 0.717) is 5.56 Å². The van der Waals surface area contributed by atoms with Gasteiger partial charge in [0.2, 0.25) is 6.17 Å². The minimum atomic E-state index is -0.562. The lowest BCUT2D eigenvalue weighted by molar-refractivity contribution is -0.384. The summed E-state index contributed by atoms with van der Waals surface area (Å²) in [6, 6.07) is 5.89. The molecule has 0 saturated heterocycles. The highest BCUT2D eigenvalue weighted by molar-refractivity contribution is 7.80. The lowest BCUT2D eigenvalue weighted by atomic mass is 10.2. The van der Waals surface area contributed by atoms with Crippen molar-refractivity contribution in [3.63, 3.8) is 0 Å². The van der Waals surface area contributed by atoms with E-state index in [1.165, 1.54) is 12.1 Å². The molecule has 0 spiro atoms. The summed E-state index contributed by atoms with van der Waals surface area (Å²) >= 11 is 4.65. The molecule has 2 rings (SSSR count). The lowest BCUT2D eigenvalue weighted by Crippen LogP contribution is -1.97. The number of nitrogens with zero attached hydrogens (tertiary/aromatic N) is 5. The van der Waals surface area contributed by atoms with Gasteiger partial charge in [-0.15, -0.1) is 10.2 Å². The van der Waals surface area contributed by atoms with Crippen LogP contribution in [0.5, 0.6) is 0 Å². The molecule has 1 heterocycles. The van der Waals surface area contributed by atoms with Gasteiger partial charge in [0.15, 0.2) is 0 Å². The number of hydrogen-bond acceptors (Lipinski definition) is 5. The van der Waals surface area contributed by atoms with Crippen molar-refractivity contribution in [3.05, 3.63) is 39.9 Å². The topological polar surface area (TPSA) is 92.6 Å². The third-order valence-electron chi connectivity index (χ3n) is 1.91. The van der Waals surface area contributed by atoms with Gasteiger partial charge in [0.1, 0.15) is 0 Å². The van der Waals surface area contributed by atoms with E-state index in [1.807, 2.05) is 0 Å². The van der Waals surface area contributed by atoms with Crippen molar-refractivity contribution in [2.24, 2.45) is 20.5 Å². The van der Waals surface area contributed by atoms with Gasteiger partial charge in [-0.05, 0) is 24.4 Å². The standard InChI is InChI=1S/C8H5N5O2S/c14-13(15)6-3-1-5(2-4-6)7-9-11-8(16)12-10-7/h1-4,7H. The summed E-state index contributed by atoms with van der Waals surface area (Å²) in [5, 5.41) is 25.3.